The van der Waals surface area contributed by atoms with Crippen LogP contribution in [0.3, 0.4) is 0 Å². The molecule has 0 saturated heterocycles. The maximum atomic E-state index is 11.1. The summed E-state index contributed by atoms with van der Waals surface area (Å²) in [6.45, 7) is 11.3. The summed E-state index contributed by atoms with van der Waals surface area (Å²) in [6, 6.07) is 0. The summed E-state index contributed by atoms with van der Waals surface area (Å²) < 4.78 is 9.99. The van der Waals surface area contributed by atoms with Crippen molar-refractivity contribution in [3.8, 4) is 0 Å². The topological polar surface area (TPSA) is 47.6 Å². The van der Waals surface area contributed by atoms with Crippen molar-refractivity contribution in [1.29, 1.82) is 0 Å². The van der Waals surface area contributed by atoms with Gasteiger partial charge in [0.05, 0.1) is 0 Å². The Morgan fingerprint density at radius 2 is 2.08 bits per heavy atom. The first-order chi connectivity index (χ1) is 5.85. The minimum atomic E-state index is -0.556. The van der Waals surface area contributed by atoms with Gasteiger partial charge in [0.25, 0.3) is 0 Å². The van der Waals surface area contributed by atoms with Crippen LogP contribution >= 0.6 is 0 Å². The molecule has 0 aliphatic heterocycles. The SMILES string of the molecule is [CH2]C(NC(=O)OC(C)(C)C)OCC. The first-order valence-corrected chi connectivity index (χ1v) is 4.29. The highest BCUT2D eigenvalue weighted by atomic mass is 16.6. The normalized spacial score (nSPS) is 13.6. The smallest absolute Gasteiger partial charge is 0.409 e. The molecule has 0 bridgehead atoms. The molecule has 1 unspecified atom stereocenters. The Bertz CT molecular complexity index is 163. The van der Waals surface area contributed by atoms with Gasteiger partial charge in [0.2, 0.25) is 0 Å². The zero-order valence-corrected chi connectivity index (χ0v) is 8.72. The summed E-state index contributed by atoms with van der Waals surface area (Å²) in [5, 5.41) is 2.44. The van der Waals surface area contributed by atoms with Crippen molar-refractivity contribution >= 4 is 6.09 Å². The Morgan fingerprint density at radius 3 is 2.46 bits per heavy atom. The number of carbonyl (C=O) groups is 1. The average Bonchev–Trinajstić information content (AvgIpc) is 1.81. The molecular formula is C9H18NO3. The van der Waals surface area contributed by atoms with Gasteiger partial charge in [-0.15, -0.1) is 0 Å². The fourth-order valence-electron chi connectivity index (χ4n) is 0.682. The molecule has 0 saturated carbocycles. The lowest BCUT2D eigenvalue weighted by atomic mass is 10.2. The van der Waals surface area contributed by atoms with E-state index >= 15 is 0 Å². The fraction of sp³-hybridized carbons (Fsp3) is 0.778. The van der Waals surface area contributed by atoms with Gasteiger partial charge in [-0.2, -0.15) is 0 Å². The monoisotopic (exact) mass is 188 g/mol. The molecule has 0 rings (SSSR count). The number of ether oxygens (including phenoxy) is 2. The molecule has 0 aliphatic carbocycles. The number of nitrogens with one attached hydrogen (secondary N) is 1. The third-order valence-electron chi connectivity index (χ3n) is 1.05. The van der Waals surface area contributed by atoms with Crippen LogP contribution in [0.15, 0.2) is 0 Å². The molecular weight excluding hydrogens is 170 g/mol. The molecule has 1 amide bonds. The Labute approximate surface area is 79.6 Å². The molecule has 0 aromatic rings. The second-order valence-electron chi connectivity index (χ2n) is 3.59. The predicted octanol–water partition coefficient (Wildman–Crippen LogP) is 1.71. The van der Waals surface area contributed by atoms with Gasteiger partial charge in [-0.25, -0.2) is 4.79 Å². The van der Waals surface area contributed by atoms with Crippen LogP contribution in [0.25, 0.3) is 0 Å². The van der Waals surface area contributed by atoms with E-state index in [0.717, 1.165) is 0 Å². The fourth-order valence-corrected chi connectivity index (χ4v) is 0.682. The summed E-state index contributed by atoms with van der Waals surface area (Å²) in [5.41, 5.74) is -0.490. The molecule has 4 heteroatoms. The lowest BCUT2D eigenvalue weighted by Gasteiger charge is -2.21. The van der Waals surface area contributed by atoms with Gasteiger partial charge < -0.3 is 9.47 Å². The maximum Gasteiger partial charge on any atom is 0.409 e. The van der Waals surface area contributed by atoms with E-state index in [4.69, 9.17) is 9.47 Å². The first-order valence-electron chi connectivity index (χ1n) is 4.29. The highest BCUT2D eigenvalue weighted by Crippen LogP contribution is 2.06. The molecule has 1 radical (unpaired) electrons. The highest BCUT2D eigenvalue weighted by molar-refractivity contribution is 5.67. The standard InChI is InChI=1S/C9H18NO3/c1-6-12-7(2)10-8(11)13-9(3,4)5/h7H,2,6H2,1,3-5H3,(H,10,11). The number of alkyl carbamates (subject to hydrolysis) is 1. The average molecular weight is 188 g/mol. The van der Waals surface area contributed by atoms with Crippen LogP contribution in [-0.4, -0.2) is 24.5 Å². The second kappa shape index (κ2) is 5.07. The number of hydrogen-bond donors (Lipinski definition) is 1. The Kier molecular flexibility index (Phi) is 4.77. The van der Waals surface area contributed by atoms with E-state index in [1.165, 1.54) is 0 Å². The van der Waals surface area contributed by atoms with Crippen LogP contribution in [0.1, 0.15) is 27.7 Å². The number of carbonyl (C=O) groups excluding carboxylic acids is 1. The summed E-state index contributed by atoms with van der Waals surface area (Å²) in [6.07, 6.45) is -1.07. The van der Waals surface area contributed by atoms with Crippen molar-refractivity contribution in [2.75, 3.05) is 6.61 Å². The lowest BCUT2D eigenvalue weighted by Crippen LogP contribution is -2.39. The number of hydrogen-bond acceptors (Lipinski definition) is 3. The van der Waals surface area contributed by atoms with Crippen LogP contribution in [0.5, 0.6) is 0 Å². The summed E-state index contributed by atoms with van der Waals surface area (Å²) >= 11 is 0. The van der Waals surface area contributed by atoms with Crippen molar-refractivity contribution in [2.24, 2.45) is 0 Å². The Balaban J connectivity index is 3.74. The summed E-state index contributed by atoms with van der Waals surface area (Å²) in [4.78, 5) is 11.1. The van der Waals surface area contributed by atoms with Crippen LogP contribution in [-0.2, 0) is 9.47 Å². The predicted molar refractivity (Wildman–Crippen MR) is 50.1 cm³/mol. The van der Waals surface area contributed by atoms with Gasteiger partial charge in [0, 0.05) is 6.61 Å². The molecule has 0 aliphatic rings. The molecule has 77 valence electrons. The lowest BCUT2D eigenvalue weighted by molar-refractivity contribution is 0.0250. The molecule has 1 N–H and O–H groups in total. The van der Waals surface area contributed by atoms with E-state index in [2.05, 4.69) is 12.2 Å². The van der Waals surface area contributed by atoms with Gasteiger partial charge in [-0.3, -0.25) is 5.32 Å². The molecule has 0 heterocycles. The van der Waals surface area contributed by atoms with Crippen molar-refractivity contribution in [3.63, 3.8) is 0 Å². The molecule has 4 nitrogen and oxygen atoms in total. The molecule has 1 atom stereocenters. The van der Waals surface area contributed by atoms with E-state index in [1.807, 2.05) is 6.92 Å². The largest absolute Gasteiger partial charge is 0.444 e. The van der Waals surface area contributed by atoms with E-state index in [0.29, 0.717) is 6.61 Å². The third kappa shape index (κ3) is 7.59. The second-order valence-corrected chi connectivity index (χ2v) is 3.59. The third-order valence-corrected chi connectivity index (χ3v) is 1.05. The van der Waals surface area contributed by atoms with Crippen LogP contribution in [0, 0.1) is 6.92 Å². The Hall–Kier alpha value is -0.770. The van der Waals surface area contributed by atoms with Crippen LogP contribution in [0.4, 0.5) is 4.79 Å². The van der Waals surface area contributed by atoms with Gasteiger partial charge in [0.15, 0.2) is 0 Å². The van der Waals surface area contributed by atoms with Gasteiger partial charge in [-0.1, -0.05) is 0 Å². The van der Waals surface area contributed by atoms with E-state index < -0.39 is 17.9 Å². The summed E-state index contributed by atoms with van der Waals surface area (Å²) in [5.74, 6) is 0. The molecule has 13 heavy (non-hydrogen) atoms. The van der Waals surface area contributed by atoms with Crippen LogP contribution < -0.4 is 5.32 Å². The zero-order valence-electron chi connectivity index (χ0n) is 8.72. The van der Waals surface area contributed by atoms with Crippen molar-refractivity contribution < 1.29 is 14.3 Å². The molecule has 0 aromatic heterocycles. The molecule has 0 aromatic carbocycles. The van der Waals surface area contributed by atoms with Crippen molar-refractivity contribution in [2.45, 2.75) is 39.5 Å². The van der Waals surface area contributed by atoms with Crippen molar-refractivity contribution in [1.82, 2.24) is 5.32 Å². The minimum Gasteiger partial charge on any atom is -0.444 e. The molecule has 0 spiro atoms. The van der Waals surface area contributed by atoms with E-state index in [9.17, 15) is 4.79 Å². The first kappa shape index (κ1) is 12.2. The zero-order chi connectivity index (χ0) is 10.5. The van der Waals surface area contributed by atoms with Gasteiger partial charge in [0.1, 0.15) is 11.8 Å². The van der Waals surface area contributed by atoms with Gasteiger partial charge >= 0.3 is 6.09 Å². The maximum absolute atomic E-state index is 11.1. The van der Waals surface area contributed by atoms with Crippen molar-refractivity contribution in [3.05, 3.63) is 6.92 Å². The summed E-state index contributed by atoms with van der Waals surface area (Å²) in [7, 11) is 0. The number of amides is 1. The quantitative estimate of drug-likeness (QED) is 0.686. The van der Waals surface area contributed by atoms with Crippen LogP contribution in [0.2, 0.25) is 0 Å². The van der Waals surface area contributed by atoms with E-state index in [-0.39, 0.29) is 0 Å². The highest BCUT2D eigenvalue weighted by Gasteiger charge is 2.17. The van der Waals surface area contributed by atoms with E-state index in [1.54, 1.807) is 20.8 Å². The minimum absolute atomic E-state index is 0.490. The number of rotatable bonds is 3. The Morgan fingerprint density at radius 1 is 1.54 bits per heavy atom. The van der Waals surface area contributed by atoms with Gasteiger partial charge in [-0.05, 0) is 34.6 Å². The molecule has 0 fully saturated rings.